The van der Waals surface area contributed by atoms with Gasteiger partial charge < -0.3 is 0 Å². The topological polar surface area (TPSA) is 58.9 Å². The number of carbonyl (C=O) groups excluding carboxylic acids is 2. The van der Waals surface area contributed by atoms with Crippen LogP contribution in [0.4, 0.5) is 11.4 Å². The number of aliphatic imine (C=N–C) groups is 2. The van der Waals surface area contributed by atoms with Crippen molar-refractivity contribution in [1.29, 1.82) is 0 Å². The van der Waals surface area contributed by atoms with E-state index in [9.17, 15) is 9.59 Å². The van der Waals surface area contributed by atoms with Gasteiger partial charge in [0.05, 0.1) is 16.8 Å². The molecule has 0 amide bonds. The average molecular weight is 246 g/mol. The van der Waals surface area contributed by atoms with Gasteiger partial charge in [-0.3, -0.25) is 0 Å². The molecule has 0 bridgehead atoms. The molecule has 0 heterocycles. The molecule has 2 aromatic carbocycles. The number of hydrogen-bond donors (Lipinski definition) is 0. The molecule has 1 spiro atoms. The van der Waals surface area contributed by atoms with Crippen molar-refractivity contribution in [3.8, 4) is 0 Å². The first-order valence-corrected chi connectivity index (χ1v) is 5.78. The summed E-state index contributed by atoms with van der Waals surface area (Å²) in [5.74, 6) is 0. The van der Waals surface area contributed by atoms with Crippen molar-refractivity contribution in [2.75, 3.05) is 0 Å². The summed E-state index contributed by atoms with van der Waals surface area (Å²) in [6, 6.07) is 11.4. The summed E-state index contributed by atoms with van der Waals surface area (Å²) in [5.41, 5.74) is 5.97. The second-order valence-corrected chi connectivity index (χ2v) is 4.62. The predicted octanol–water partition coefficient (Wildman–Crippen LogP) is 2.63. The predicted molar refractivity (Wildman–Crippen MR) is 67.4 cm³/mol. The van der Waals surface area contributed by atoms with Crippen LogP contribution in [0.5, 0.6) is 0 Å². The van der Waals surface area contributed by atoms with Gasteiger partial charge in [0, 0.05) is 0 Å². The second kappa shape index (κ2) is 3.15. The Morgan fingerprint density at radius 1 is 0.737 bits per heavy atom. The Morgan fingerprint density at radius 3 is 1.63 bits per heavy atom. The van der Waals surface area contributed by atoms with Crippen molar-refractivity contribution < 1.29 is 9.59 Å². The summed E-state index contributed by atoms with van der Waals surface area (Å²) >= 11 is 0. The third-order valence-corrected chi connectivity index (χ3v) is 3.85. The zero-order valence-electron chi connectivity index (χ0n) is 9.68. The van der Waals surface area contributed by atoms with Crippen molar-refractivity contribution in [2.45, 2.75) is 5.41 Å². The quantitative estimate of drug-likeness (QED) is 0.403. The standard InChI is InChI=1S/C15H6N2O2/c18-7-16-9-1-3-11-13(5-9)15(11)12-4-2-10(17-8-19)6-14(12)15/h1-6H. The summed E-state index contributed by atoms with van der Waals surface area (Å²) in [7, 11) is 0. The molecule has 19 heavy (non-hydrogen) atoms. The molecule has 0 saturated carbocycles. The fourth-order valence-electron chi connectivity index (χ4n) is 3.00. The lowest BCUT2D eigenvalue weighted by Crippen LogP contribution is -1.79. The molecule has 0 N–H and O–H groups in total. The van der Waals surface area contributed by atoms with E-state index in [1.807, 2.05) is 36.4 Å². The van der Waals surface area contributed by atoms with Gasteiger partial charge in [0.15, 0.2) is 0 Å². The number of rotatable bonds is 2. The number of fused-ring (bicyclic) bond motifs is 6. The Kier molecular flexibility index (Phi) is 1.68. The molecule has 0 atom stereocenters. The molecule has 0 fully saturated rings. The molecule has 4 rings (SSSR count). The maximum atomic E-state index is 10.3. The van der Waals surface area contributed by atoms with E-state index in [-0.39, 0.29) is 5.41 Å². The van der Waals surface area contributed by atoms with Gasteiger partial charge >= 0.3 is 0 Å². The van der Waals surface area contributed by atoms with Gasteiger partial charge in [0.2, 0.25) is 12.2 Å². The van der Waals surface area contributed by atoms with Crippen molar-refractivity contribution in [1.82, 2.24) is 0 Å². The Bertz CT molecular complexity index is 770. The second-order valence-electron chi connectivity index (χ2n) is 4.62. The summed E-state index contributed by atoms with van der Waals surface area (Å²) in [6.45, 7) is 0. The molecule has 2 aromatic rings. The van der Waals surface area contributed by atoms with Crippen LogP contribution in [-0.4, -0.2) is 12.2 Å². The monoisotopic (exact) mass is 246 g/mol. The smallest absolute Gasteiger partial charge is 0.211 e. The number of isocyanates is 2. The Labute approximate surface area is 108 Å². The van der Waals surface area contributed by atoms with Crippen LogP contribution in [0.3, 0.4) is 0 Å². The number of nitrogens with zero attached hydrogens (tertiary/aromatic N) is 2. The fourth-order valence-corrected chi connectivity index (χ4v) is 3.00. The molecule has 0 aromatic heterocycles. The highest BCUT2D eigenvalue weighted by molar-refractivity contribution is 5.89. The van der Waals surface area contributed by atoms with Crippen LogP contribution in [0.15, 0.2) is 46.4 Å². The van der Waals surface area contributed by atoms with Crippen LogP contribution in [0, 0.1) is 0 Å². The summed E-state index contributed by atoms with van der Waals surface area (Å²) in [5, 5.41) is 0. The molecule has 0 radical (unpaired) electrons. The summed E-state index contributed by atoms with van der Waals surface area (Å²) in [4.78, 5) is 27.8. The molecule has 2 aliphatic rings. The van der Waals surface area contributed by atoms with E-state index in [0.29, 0.717) is 11.4 Å². The maximum Gasteiger partial charge on any atom is 0.240 e. The Morgan fingerprint density at radius 2 is 1.21 bits per heavy atom. The molecule has 0 aliphatic heterocycles. The first kappa shape index (κ1) is 10.2. The molecule has 88 valence electrons. The highest BCUT2D eigenvalue weighted by atomic mass is 16.1. The molecular weight excluding hydrogens is 240 g/mol. The van der Waals surface area contributed by atoms with Gasteiger partial charge in [-0.1, -0.05) is 12.1 Å². The molecule has 4 heteroatoms. The number of benzene rings is 2. The fraction of sp³-hybridized carbons (Fsp3) is 0.0667. The van der Waals surface area contributed by atoms with Crippen LogP contribution < -0.4 is 0 Å². The maximum absolute atomic E-state index is 10.3. The summed E-state index contributed by atoms with van der Waals surface area (Å²) < 4.78 is 0. The lowest BCUT2D eigenvalue weighted by Gasteiger charge is -1.83. The zero-order chi connectivity index (χ0) is 13.0. The minimum atomic E-state index is -0.0900. The van der Waals surface area contributed by atoms with Gasteiger partial charge in [-0.2, -0.15) is 9.98 Å². The molecule has 2 aliphatic carbocycles. The van der Waals surface area contributed by atoms with Gasteiger partial charge in [0.25, 0.3) is 0 Å². The van der Waals surface area contributed by atoms with Crippen molar-refractivity contribution in [3.63, 3.8) is 0 Å². The highest BCUT2D eigenvalue weighted by Gasteiger charge is 2.65. The Hall–Kier alpha value is -2.80. The van der Waals surface area contributed by atoms with E-state index in [4.69, 9.17) is 0 Å². The third-order valence-electron chi connectivity index (χ3n) is 3.85. The molecular formula is C15H6N2O2. The lowest BCUT2D eigenvalue weighted by atomic mass is 10.2. The number of hydrogen-bond acceptors (Lipinski definition) is 4. The van der Waals surface area contributed by atoms with Gasteiger partial charge in [-0.05, 0) is 46.5 Å². The van der Waals surface area contributed by atoms with E-state index in [2.05, 4.69) is 9.98 Å². The SMILES string of the molecule is O=C=Nc1ccc2c(c1)C21c2ccc(N=C=O)cc21. The van der Waals surface area contributed by atoms with Crippen molar-refractivity contribution >= 4 is 23.5 Å². The largest absolute Gasteiger partial charge is 0.240 e. The van der Waals surface area contributed by atoms with Crippen LogP contribution in [0.1, 0.15) is 22.3 Å². The first-order valence-electron chi connectivity index (χ1n) is 5.78. The van der Waals surface area contributed by atoms with Crippen LogP contribution in [-0.2, 0) is 15.0 Å². The van der Waals surface area contributed by atoms with E-state index in [1.165, 1.54) is 22.3 Å². The van der Waals surface area contributed by atoms with Gasteiger partial charge in [-0.25, -0.2) is 9.59 Å². The van der Waals surface area contributed by atoms with Crippen LogP contribution in [0.25, 0.3) is 0 Å². The highest BCUT2D eigenvalue weighted by Crippen LogP contribution is 2.71. The Balaban J connectivity index is 1.79. The van der Waals surface area contributed by atoms with Gasteiger partial charge in [-0.15, -0.1) is 0 Å². The summed E-state index contributed by atoms with van der Waals surface area (Å²) in [6.07, 6.45) is 3.09. The van der Waals surface area contributed by atoms with E-state index >= 15 is 0 Å². The van der Waals surface area contributed by atoms with E-state index < -0.39 is 0 Å². The van der Waals surface area contributed by atoms with Crippen LogP contribution >= 0.6 is 0 Å². The first-order chi connectivity index (χ1) is 9.32. The van der Waals surface area contributed by atoms with Crippen molar-refractivity contribution in [2.24, 2.45) is 9.98 Å². The van der Waals surface area contributed by atoms with E-state index in [0.717, 1.165) is 0 Å². The average Bonchev–Trinajstić information content (AvgIpc) is 3.28. The minimum absolute atomic E-state index is 0.0900. The molecule has 0 unspecified atom stereocenters. The van der Waals surface area contributed by atoms with Gasteiger partial charge in [0.1, 0.15) is 0 Å². The normalized spacial score (nSPS) is 19.8. The zero-order valence-corrected chi connectivity index (χ0v) is 9.68. The molecule has 0 saturated heterocycles. The lowest BCUT2D eigenvalue weighted by molar-refractivity contribution is 0.564. The van der Waals surface area contributed by atoms with Crippen LogP contribution in [0.2, 0.25) is 0 Å². The third kappa shape index (κ3) is 1.09. The van der Waals surface area contributed by atoms with E-state index in [1.54, 1.807) is 12.2 Å². The molecule has 4 nitrogen and oxygen atoms in total. The van der Waals surface area contributed by atoms with Crippen molar-refractivity contribution in [3.05, 3.63) is 58.7 Å². The minimum Gasteiger partial charge on any atom is -0.211 e.